The van der Waals surface area contributed by atoms with Crippen LogP contribution < -0.4 is 4.74 Å². The molecular formula is C16H16ClFO. The van der Waals surface area contributed by atoms with Crippen molar-refractivity contribution in [2.45, 2.75) is 18.7 Å². The number of halogens is 2. The highest BCUT2D eigenvalue weighted by Crippen LogP contribution is 2.31. The van der Waals surface area contributed by atoms with Gasteiger partial charge < -0.3 is 4.74 Å². The van der Waals surface area contributed by atoms with Crippen LogP contribution in [0.4, 0.5) is 4.39 Å². The molecule has 0 radical (unpaired) electrons. The Morgan fingerprint density at radius 1 is 1.16 bits per heavy atom. The van der Waals surface area contributed by atoms with Gasteiger partial charge in [-0.25, -0.2) is 4.39 Å². The van der Waals surface area contributed by atoms with Crippen molar-refractivity contribution in [3.8, 4) is 5.75 Å². The lowest BCUT2D eigenvalue weighted by Crippen LogP contribution is -2.02. The maximum absolute atomic E-state index is 14.0. The van der Waals surface area contributed by atoms with E-state index < -0.39 is 5.38 Å². The highest BCUT2D eigenvalue weighted by molar-refractivity contribution is 6.21. The molecule has 0 amide bonds. The Hall–Kier alpha value is -1.54. The van der Waals surface area contributed by atoms with Crippen molar-refractivity contribution in [1.29, 1.82) is 0 Å². The Balaban J connectivity index is 2.26. The summed E-state index contributed by atoms with van der Waals surface area (Å²) >= 11 is 6.35. The molecule has 0 aliphatic carbocycles. The molecule has 0 bridgehead atoms. The van der Waals surface area contributed by atoms with Gasteiger partial charge in [-0.3, -0.25) is 0 Å². The Labute approximate surface area is 118 Å². The summed E-state index contributed by atoms with van der Waals surface area (Å²) in [6.45, 7) is 1.74. The minimum absolute atomic E-state index is 0.225. The minimum Gasteiger partial charge on any atom is -0.496 e. The first-order valence-corrected chi connectivity index (χ1v) is 6.58. The quantitative estimate of drug-likeness (QED) is 0.739. The average Bonchev–Trinajstić information content (AvgIpc) is 2.42. The maximum Gasteiger partial charge on any atom is 0.130 e. The fraction of sp³-hybridized carbons (Fsp3) is 0.250. The van der Waals surface area contributed by atoms with Crippen molar-refractivity contribution in [2.75, 3.05) is 7.11 Å². The summed E-state index contributed by atoms with van der Waals surface area (Å²) in [5.41, 5.74) is 2.13. The third-order valence-electron chi connectivity index (χ3n) is 3.15. The number of hydrogen-bond acceptors (Lipinski definition) is 1. The number of para-hydroxylation sites is 1. The van der Waals surface area contributed by atoms with Crippen LogP contribution in [0, 0.1) is 12.7 Å². The predicted octanol–water partition coefficient (Wildman–Crippen LogP) is 4.67. The summed E-state index contributed by atoms with van der Waals surface area (Å²) in [5.74, 6) is 0.554. The van der Waals surface area contributed by atoms with E-state index in [1.165, 1.54) is 0 Å². The number of alkyl halides is 1. The number of hydrogen-bond donors (Lipinski definition) is 0. The zero-order valence-electron chi connectivity index (χ0n) is 11.0. The molecule has 0 N–H and O–H groups in total. The highest BCUT2D eigenvalue weighted by Gasteiger charge is 2.16. The largest absolute Gasteiger partial charge is 0.496 e. The van der Waals surface area contributed by atoms with Crippen LogP contribution in [0.15, 0.2) is 42.5 Å². The van der Waals surface area contributed by atoms with Crippen LogP contribution in [0.3, 0.4) is 0 Å². The molecule has 100 valence electrons. The Kier molecular flexibility index (Phi) is 4.43. The molecule has 1 atom stereocenters. The van der Waals surface area contributed by atoms with Crippen LogP contribution in [0.1, 0.15) is 22.1 Å². The average molecular weight is 279 g/mol. The van der Waals surface area contributed by atoms with E-state index in [0.717, 1.165) is 11.3 Å². The fourth-order valence-electron chi connectivity index (χ4n) is 2.09. The SMILES string of the molecule is COc1ccccc1CC(Cl)c1cccc(C)c1F. The van der Waals surface area contributed by atoms with Crippen molar-refractivity contribution < 1.29 is 9.13 Å². The van der Waals surface area contributed by atoms with Gasteiger partial charge >= 0.3 is 0 Å². The van der Waals surface area contributed by atoms with Crippen molar-refractivity contribution in [1.82, 2.24) is 0 Å². The molecule has 0 spiro atoms. The third-order valence-corrected chi connectivity index (χ3v) is 3.54. The Bertz CT molecular complexity index is 568. The molecule has 2 aromatic rings. The first-order chi connectivity index (χ1) is 9.13. The number of aryl methyl sites for hydroxylation is 1. The second-order valence-corrected chi connectivity index (χ2v) is 4.99. The van der Waals surface area contributed by atoms with Gasteiger partial charge in [0.2, 0.25) is 0 Å². The van der Waals surface area contributed by atoms with E-state index in [1.54, 1.807) is 26.2 Å². The molecule has 2 rings (SSSR count). The summed E-state index contributed by atoms with van der Waals surface area (Å²) in [6, 6.07) is 13.0. The van der Waals surface area contributed by atoms with Gasteiger partial charge in [-0.15, -0.1) is 11.6 Å². The first-order valence-electron chi connectivity index (χ1n) is 6.14. The van der Waals surface area contributed by atoms with Crippen LogP contribution in [-0.4, -0.2) is 7.11 Å². The molecule has 1 unspecified atom stereocenters. The van der Waals surface area contributed by atoms with E-state index >= 15 is 0 Å². The predicted molar refractivity (Wildman–Crippen MR) is 76.4 cm³/mol. The third kappa shape index (κ3) is 3.07. The first kappa shape index (κ1) is 13.9. The Morgan fingerprint density at radius 3 is 2.63 bits per heavy atom. The number of methoxy groups -OCH3 is 1. The van der Waals surface area contributed by atoms with E-state index in [-0.39, 0.29) is 5.82 Å². The second kappa shape index (κ2) is 6.07. The van der Waals surface area contributed by atoms with Crippen molar-refractivity contribution in [3.05, 3.63) is 65.0 Å². The second-order valence-electron chi connectivity index (χ2n) is 4.46. The maximum atomic E-state index is 14.0. The molecule has 0 aliphatic heterocycles. The van der Waals surface area contributed by atoms with Crippen molar-refractivity contribution >= 4 is 11.6 Å². The molecule has 0 aliphatic rings. The lowest BCUT2D eigenvalue weighted by Gasteiger charge is -2.14. The van der Waals surface area contributed by atoms with E-state index in [0.29, 0.717) is 17.5 Å². The van der Waals surface area contributed by atoms with Crippen molar-refractivity contribution in [2.24, 2.45) is 0 Å². The molecule has 1 nitrogen and oxygen atoms in total. The molecule has 0 saturated heterocycles. The summed E-state index contributed by atoms with van der Waals surface area (Å²) in [4.78, 5) is 0. The van der Waals surface area contributed by atoms with Gasteiger partial charge in [0.15, 0.2) is 0 Å². The van der Waals surface area contributed by atoms with Crippen LogP contribution in [0.5, 0.6) is 5.75 Å². The highest BCUT2D eigenvalue weighted by atomic mass is 35.5. The topological polar surface area (TPSA) is 9.23 Å². The fourth-order valence-corrected chi connectivity index (χ4v) is 2.42. The molecular weight excluding hydrogens is 263 g/mol. The Morgan fingerprint density at radius 2 is 1.89 bits per heavy atom. The van der Waals surface area contributed by atoms with Gasteiger partial charge in [0.05, 0.1) is 12.5 Å². The molecule has 2 aromatic carbocycles. The smallest absolute Gasteiger partial charge is 0.130 e. The van der Waals surface area contributed by atoms with Gasteiger partial charge in [0, 0.05) is 5.56 Å². The van der Waals surface area contributed by atoms with Crippen LogP contribution in [-0.2, 0) is 6.42 Å². The normalized spacial score (nSPS) is 12.2. The van der Waals surface area contributed by atoms with Gasteiger partial charge in [0.1, 0.15) is 11.6 Å². The lowest BCUT2D eigenvalue weighted by atomic mass is 10.0. The standard InChI is InChI=1S/C16H16ClFO/c1-11-6-5-8-13(16(11)18)14(17)10-12-7-3-4-9-15(12)19-2/h3-9,14H,10H2,1-2H3. The van der Waals surface area contributed by atoms with Gasteiger partial charge in [-0.2, -0.15) is 0 Å². The van der Waals surface area contributed by atoms with E-state index in [4.69, 9.17) is 16.3 Å². The molecule has 0 saturated carbocycles. The molecule has 0 aromatic heterocycles. The molecule has 3 heteroatoms. The van der Waals surface area contributed by atoms with E-state index in [9.17, 15) is 4.39 Å². The summed E-state index contributed by atoms with van der Waals surface area (Å²) < 4.78 is 19.3. The number of ether oxygens (including phenoxy) is 1. The molecule has 0 heterocycles. The van der Waals surface area contributed by atoms with E-state index in [2.05, 4.69) is 0 Å². The number of benzene rings is 2. The number of rotatable bonds is 4. The summed E-state index contributed by atoms with van der Waals surface area (Å²) in [7, 11) is 1.62. The van der Waals surface area contributed by atoms with Gasteiger partial charge in [-0.1, -0.05) is 36.4 Å². The van der Waals surface area contributed by atoms with Crippen molar-refractivity contribution in [3.63, 3.8) is 0 Å². The minimum atomic E-state index is -0.406. The van der Waals surface area contributed by atoms with Crippen LogP contribution >= 0.6 is 11.6 Å². The zero-order valence-corrected chi connectivity index (χ0v) is 11.7. The summed E-state index contributed by atoms with van der Waals surface area (Å²) in [5, 5.41) is -0.406. The van der Waals surface area contributed by atoms with Gasteiger partial charge in [0.25, 0.3) is 0 Å². The summed E-state index contributed by atoms with van der Waals surface area (Å²) in [6.07, 6.45) is 0.534. The molecule has 0 fully saturated rings. The monoisotopic (exact) mass is 278 g/mol. The lowest BCUT2D eigenvalue weighted by molar-refractivity contribution is 0.409. The van der Waals surface area contributed by atoms with Crippen LogP contribution in [0.2, 0.25) is 0 Å². The molecule has 19 heavy (non-hydrogen) atoms. The van der Waals surface area contributed by atoms with E-state index in [1.807, 2.05) is 30.3 Å². The zero-order chi connectivity index (χ0) is 13.8. The van der Waals surface area contributed by atoms with Crippen LogP contribution in [0.25, 0.3) is 0 Å². The van der Waals surface area contributed by atoms with Gasteiger partial charge in [-0.05, 0) is 30.5 Å².